The maximum Gasteiger partial charge on any atom is 0.269 e. The monoisotopic (exact) mass is 340 g/mol. The molecule has 2 aromatic carbocycles. The van der Waals surface area contributed by atoms with Crippen LogP contribution in [0.25, 0.3) is 0 Å². The second kappa shape index (κ2) is 7.90. The molecule has 1 aliphatic rings. The average Bonchev–Trinajstić information content (AvgIpc) is 2.67. The van der Waals surface area contributed by atoms with Gasteiger partial charge in [0.25, 0.3) is 11.6 Å². The van der Waals surface area contributed by atoms with Crippen molar-refractivity contribution in [3.8, 4) is 0 Å². The van der Waals surface area contributed by atoms with Crippen molar-refractivity contribution < 1.29 is 14.5 Å². The van der Waals surface area contributed by atoms with Crippen LogP contribution in [0.2, 0.25) is 0 Å². The van der Waals surface area contributed by atoms with Gasteiger partial charge in [-0.05, 0) is 30.5 Å². The maximum atomic E-state index is 12.6. The first kappa shape index (κ1) is 17.1. The predicted octanol–water partition coefficient (Wildman–Crippen LogP) is 3.42. The predicted molar refractivity (Wildman–Crippen MR) is 93.3 cm³/mol. The topological polar surface area (TPSA) is 72.7 Å². The number of nitrogens with zero attached hydrogens (tertiary/aromatic N) is 2. The van der Waals surface area contributed by atoms with E-state index >= 15 is 0 Å². The van der Waals surface area contributed by atoms with Gasteiger partial charge in [0.2, 0.25) is 0 Å². The van der Waals surface area contributed by atoms with Gasteiger partial charge in [-0.15, -0.1) is 0 Å². The number of nitro benzene ring substituents is 1. The third-order valence-corrected chi connectivity index (χ3v) is 4.32. The van der Waals surface area contributed by atoms with E-state index in [-0.39, 0.29) is 17.7 Å². The van der Waals surface area contributed by atoms with Crippen LogP contribution >= 0.6 is 0 Å². The van der Waals surface area contributed by atoms with E-state index in [0.717, 1.165) is 18.4 Å². The number of amides is 1. The first-order valence-corrected chi connectivity index (χ1v) is 8.33. The van der Waals surface area contributed by atoms with Crippen molar-refractivity contribution in [3.63, 3.8) is 0 Å². The molecule has 0 bridgehead atoms. The van der Waals surface area contributed by atoms with E-state index in [9.17, 15) is 14.9 Å². The minimum absolute atomic E-state index is 0.0101. The highest BCUT2D eigenvalue weighted by molar-refractivity contribution is 5.94. The number of carbonyl (C=O) groups is 1. The molecule has 0 aliphatic carbocycles. The fraction of sp³-hybridized carbons (Fsp3) is 0.316. The van der Waals surface area contributed by atoms with Crippen LogP contribution in [0.5, 0.6) is 0 Å². The summed E-state index contributed by atoms with van der Waals surface area (Å²) in [6.07, 6.45) is 1.82. The third kappa shape index (κ3) is 4.42. The maximum absolute atomic E-state index is 12.6. The van der Waals surface area contributed by atoms with Crippen LogP contribution < -0.4 is 0 Å². The molecule has 0 spiro atoms. The number of piperidine rings is 1. The molecule has 0 aromatic heterocycles. The van der Waals surface area contributed by atoms with Crippen molar-refractivity contribution in [3.05, 3.63) is 75.8 Å². The summed E-state index contributed by atoms with van der Waals surface area (Å²) in [5, 5.41) is 10.7. The second-order valence-corrected chi connectivity index (χ2v) is 6.12. The zero-order valence-electron chi connectivity index (χ0n) is 13.8. The quantitative estimate of drug-likeness (QED) is 0.617. The summed E-state index contributed by atoms with van der Waals surface area (Å²) in [6.45, 7) is 1.76. The van der Waals surface area contributed by atoms with Crippen molar-refractivity contribution in [2.45, 2.75) is 25.6 Å². The van der Waals surface area contributed by atoms with E-state index in [0.29, 0.717) is 25.3 Å². The zero-order valence-corrected chi connectivity index (χ0v) is 13.8. The van der Waals surface area contributed by atoms with Gasteiger partial charge < -0.3 is 9.64 Å². The SMILES string of the molecule is O=C(c1ccc([N+](=O)[O-])cc1)N1CCC[C@H](OCc2ccccc2)C1. The van der Waals surface area contributed by atoms with Crippen LogP contribution in [0.3, 0.4) is 0 Å². The minimum Gasteiger partial charge on any atom is -0.372 e. The van der Waals surface area contributed by atoms with E-state index in [4.69, 9.17) is 4.74 Å². The number of nitro groups is 1. The molecule has 1 saturated heterocycles. The molecule has 0 radical (unpaired) electrons. The number of carbonyl (C=O) groups excluding carboxylic acids is 1. The Kier molecular flexibility index (Phi) is 5.40. The molecule has 1 aliphatic heterocycles. The zero-order chi connectivity index (χ0) is 17.6. The molecule has 0 saturated carbocycles. The average molecular weight is 340 g/mol. The smallest absolute Gasteiger partial charge is 0.269 e. The van der Waals surface area contributed by atoms with Crippen molar-refractivity contribution in [2.75, 3.05) is 13.1 Å². The highest BCUT2D eigenvalue weighted by Gasteiger charge is 2.25. The lowest BCUT2D eigenvalue weighted by molar-refractivity contribution is -0.384. The second-order valence-electron chi connectivity index (χ2n) is 6.12. The highest BCUT2D eigenvalue weighted by Crippen LogP contribution is 2.19. The van der Waals surface area contributed by atoms with Crippen molar-refractivity contribution in [2.24, 2.45) is 0 Å². The lowest BCUT2D eigenvalue weighted by atomic mass is 10.1. The highest BCUT2D eigenvalue weighted by atomic mass is 16.6. The molecule has 2 aromatic rings. The molecule has 1 heterocycles. The van der Waals surface area contributed by atoms with E-state index in [1.54, 1.807) is 4.90 Å². The lowest BCUT2D eigenvalue weighted by Gasteiger charge is -2.32. The van der Waals surface area contributed by atoms with Crippen LogP contribution in [0.1, 0.15) is 28.8 Å². The minimum atomic E-state index is -0.470. The van der Waals surface area contributed by atoms with Gasteiger partial charge in [-0.3, -0.25) is 14.9 Å². The summed E-state index contributed by atoms with van der Waals surface area (Å²) in [6, 6.07) is 15.7. The molecule has 1 fully saturated rings. The number of rotatable bonds is 5. The molecule has 0 N–H and O–H groups in total. The van der Waals surface area contributed by atoms with Crippen LogP contribution in [0.15, 0.2) is 54.6 Å². The molecular formula is C19H20N2O4. The summed E-state index contributed by atoms with van der Waals surface area (Å²) in [5.74, 6) is -0.108. The molecule has 25 heavy (non-hydrogen) atoms. The first-order valence-electron chi connectivity index (χ1n) is 8.33. The standard InChI is InChI=1S/C19H20N2O4/c22-19(16-8-10-17(11-9-16)21(23)24)20-12-4-7-18(13-20)25-14-15-5-2-1-3-6-15/h1-3,5-6,8-11,18H,4,7,12-14H2/t18-/m0/s1. The molecule has 1 amide bonds. The number of hydrogen-bond donors (Lipinski definition) is 0. The van der Waals surface area contributed by atoms with Crippen molar-refractivity contribution in [1.29, 1.82) is 0 Å². The lowest BCUT2D eigenvalue weighted by Crippen LogP contribution is -2.43. The summed E-state index contributed by atoms with van der Waals surface area (Å²) in [4.78, 5) is 24.6. The Balaban J connectivity index is 1.58. The number of ether oxygens (including phenoxy) is 1. The number of likely N-dealkylation sites (tertiary alicyclic amines) is 1. The van der Waals surface area contributed by atoms with Gasteiger partial charge in [-0.2, -0.15) is 0 Å². The van der Waals surface area contributed by atoms with E-state index < -0.39 is 4.92 Å². The summed E-state index contributed by atoms with van der Waals surface area (Å²) < 4.78 is 5.95. The normalized spacial score (nSPS) is 17.3. The Morgan fingerprint density at radius 3 is 2.56 bits per heavy atom. The van der Waals surface area contributed by atoms with Crippen molar-refractivity contribution >= 4 is 11.6 Å². The van der Waals surface area contributed by atoms with E-state index in [1.165, 1.54) is 24.3 Å². The van der Waals surface area contributed by atoms with Gasteiger partial charge in [0.1, 0.15) is 0 Å². The Hall–Kier alpha value is -2.73. The Morgan fingerprint density at radius 2 is 1.88 bits per heavy atom. The molecule has 3 rings (SSSR count). The van der Waals surface area contributed by atoms with Gasteiger partial charge in [0, 0.05) is 30.8 Å². The Bertz CT molecular complexity index is 731. The van der Waals surface area contributed by atoms with E-state index in [2.05, 4.69) is 0 Å². The van der Waals surface area contributed by atoms with Gasteiger partial charge >= 0.3 is 0 Å². The first-order chi connectivity index (χ1) is 12.1. The molecule has 130 valence electrons. The summed E-state index contributed by atoms with van der Waals surface area (Å²) >= 11 is 0. The third-order valence-electron chi connectivity index (χ3n) is 4.32. The van der Waals surface area contributed by atoms with Crippen LogP contribution in [-0.4, -0.2) is 34.9 Å². The van der Waals surface area contributed by atoms with Crippen LogP contribution in [0, 0.1) is 10.1 Å². The van der Waals surface area contributed by atoms with Gasteiger partial charge in [-0.25, -0.2) is 0 Å². The molecule has 6 nitrogen and oxygen atoms in total. The fourth-order valence-electron chi connectivity index (χ4n) is 2.96. The Labute approximate surface area is 146 Å². The Morgan fingerprint density at radius 1 is 1.16 bits per heavy atom. The van der Waals surface area contributed by atoms with Gasteiger partial charge in [-0.1, -0.05) is 30.3 Å². The summed E-state index contributed by atoms with van der Waals surface area (Å²) in [5.41, 5.74) is 1.56. The molecule has 0 unspecified atom stereocenters. The fourth-order valence-corrected chi connectivity index (χ4v) is 2.96. The number of benzene rings is 2. The van der Waals surface area contributed by atoms with Gasteiger partial charge in [0.05, 0.1) is 17.6 Å². The van der Waals surface area contributed by atoms with Crippen molar-refractivity contribution in [1.82, 2.24) is 4.90 Å². The molecule has 6 heteroatoms. The largest absolute Gasteiger partial charge is 0.372 e. The van der Waals surface area contributed by atoms with Gasteiger partial charge in [0.15, 0.2) is 0 Å². The number of hydrogen-bond acceptors (Lipinski definition) is 4. The summed E-state index contributed by atoms with van der Waals surface area (Å²) in [7, 11) is 0. The van der Waals surface area contributed by atoms with Crippen LogP contribution in [-0.2, 0) is 11.3 Å². The van der Waals surface area contributed by atoms with Crippen LogP contribution in [0.4, 0.5) is 5.69 Å². The molecular weight excluding hydrogens is 320 g/mol. The number of non-ortho nitro benzene ring substituents is 1. The van der Waals surface area contributed by atoms with E-state index in [1.807, 2.05) is 30.3 Å². The molecule has 1 atom stereocenters.